The van der Waals surface area contributed by atoms with E-state index in [0.29, 0.717) is 10.6 Å². The van der Waals surface area contributed by atoms with Gasteiger partial charge in [0, 0.05) is 10.6 Å². The minimum atomic E-state index is -0.309. The molecule has 1 aromatic carbocycles. The fraction of sp³-hybridized carbons (Fsp3) is 0.429. The minimum absolute atomic E-state index is 0.234. The summed E-state index contributed by atoms with van der Waals surface area (Å²) in [6.45, 7) is 3.68. The Morgan fingerprint density at radius 3 is 2.78 bits per heavy atom. The van der Waals surface area contributed by atoms with E-state index in [-0.39, 0.29) is 11.9 Å². The van der Waals surface area contributed by atoms with E-state index in [2.05, 4.69) is 12.0 Å². The van der Waals surface area contributed by atoms with Gasteiger partial charge in [-0.05, 0) is 31.4 Å². The molecule has 0 saturated heterocycles. The van der Waals surface area contributed by atoms with Crippen LogP contribution < -0.4 is 11.3 Å². The zero-order valence-electron chi connectivity index (χ0n) is 10.5. The van der Waals surface area contributed by atoms with Crippen molar-refractivity contribution in [3.8, 4) is 0 Å². The summed E-state index contributed by atoms with van der Waals surface area (Å²) in [5.74, 6) is 5.18. The third-order valence-corrected chi connectivity index (χ3v) is 3.28. The van der Waals surface area contributed by atoms with E-state index in [9.17, 15) is 4.39 Å². The van der Waals surface area contributed by atoms with Gasteiger partial charge < -0.3 is 0 Å². The van der Waals surface area contributed by atoms with Crippen molar-refractivity contribution in [1.29, 1.82) is 0 Å². The molecular weight excluding hydrogens is 251 g/mol. The van der Waals surface area contributed by atoms with E-state index >= 15 is 0 Å². The predicted octanol–water partition coefficient (Wildman–Crippen LogP) is 4.12. The van der Waals surface area contributed by atoms with E-state index < -0.39 is 0 Å². The fourth-order valence-electron chi connectivity index (χ4n) is 1.97. The highest BCUT2D eigenvalue weighted by Crippen LogP contribution is 2.28. The molecule has 0 aliphatic rings. The van der Waals surface area contributed by atoms with Crippen molar-refractivity contribution < 1.29 is 4.39 Å². The Hall–Kier alpha value is -0.900. The van der Waals surface area contributed by atoms with E-state index in [1.807, 2.05) is 6.08 Å². The van der Waals surface area contributed by atoms with Gasteiger partial charge in [0.25, 0.3) is 0 Å². The second kappa shape index (κ2) is 8.25. The summed E-state index contributed by atoms with van der Waals surface area (Å²) in [4.78, 5) is 0. The summed E-state index contributed by atoms with van der Waals surface area (Å²) in [7, 11) is 0. The lowest BCUT2D eigenvalue weighted by molar-refractivity contribution is 0.462. The summed E-state index contributed by atoms with van der Waals surface area (Å²) in [5.41, 5.74) is 3.11. The van der Waals surface area contributed by atoms with Crippen LogP contribution >= 0.6 is 11.6 Å². The molecule has 0 spiro atoms. The van der Waals surface area contributed by atoms with Crippen molar-refractivity contribution in [3.63, 3.8) is 0 Å². The third-order valence-electron chi connectivity index (χ3n) is 2.95. The molecule has 0 aromatic heterocycles. The lowest BCUT2D eigenvalue weighted by atomic mass is 10.00. The molecule has 100 valence electrons. The standard InChI is InChI=1S/C14H20ClFN2/c1-2-3-4-5-6-10-13(18-17)14-11(15)8-7-9-12(14)16/h2,7-9,13,18H,1,3-6,10,17H2. The average molecular weight is 271 g/mol. The van der Waals surface area contributed by atoms with E-state index in [1.54, 1.807) is 12.1 Å². The Labute approximate surface area is 113 Å². The van der Waals surface area contributed by atoms with Crippen LogP contribution in [-0.4, -0.2) is 0 Å². The highest BCUT2D eigenvalue weighted by atomic mass is 35.5. The topological polar surface area (TPSA) is 38.0 Å². The molecule has 18 heavy (non-hydrogen) atoms. The maximum Gasteiger partial charge on any atom is 0.129 e. The highest BCUT2D eigenvalue weighted by Gasteiger charge is 2.17. The Balaban J connectivity index is 2.57. The van der Waals surface area contributed by atoms with Crippen LogP contribution in [0.2, 0.25) is 5.02 Å². The van der Waals surface area contributed by atoms with Crippen LogP contribution in [0, 0.1) is 5.82 Å². The van der Waals surface area contributed by atoms with E-state index in [0.717, 1.165) is 32.1 Å². The molecular formula is C14H20ClFN2. The molecule has 0 radical (unpaired) electrons. The Kier molecular flexibility index (Phi) is 6.94. The monoisotopic (exact) mass is 270 g/mol. The van der Waals surface area contributed by atoms with Gasteiger partial charge in [-0.15, -0.1) is 6.58 Å². The first kappa shape index (κ1) is 15.2. The largest absolute Gasteiger partial charge is 0.271 e. The first-order valence-electron chi connectivity index (χ1n) is 6.21. The summed E-state index contributed by atoms with van der Waals surface area (Å²) in [5, 5.41) is 0.420. The van der Waals surface area contributed by atoms with E-state index in [1.165, 1.54) is 6.07 Å². The van der Waals surface area contributed by atoms with Gasteiger partial charge in [0.15, 0.2) is 0 Å². The van der Waals surface area contributed by atoms with Gasteiger partial charge in [-0.3, -0.25) is 11.3 Å². The van der Waals surface area contributed by atoms with Crippen LogP contribution in [0.4, 0.5) is 4.39 Å². The molecule has 3 N–H and O–H groups in total. The number of hydrogen-bond acceptors (Lipinski definition) is 2. The molecule has 0 aliphatic carbocycles. The Morgan fingerprint density at radius 1 is 1.39 bits per heavy atom. The summed E-state index contributed by atoms with van der Waals surface area (Å²) in [6, 6.07) is 4.45. The quantitative estimate of drug-likeness (QED) is 0.323. The second-order valence-corrected chi connectivity index (χ2v) is 4.69. The van der Waals surface area contributed by atoms with Crippen molar-refractivity contribution in [2.75, 3.05) is 0 Å². The van der Waals surface area contributed by atoms with Gasteiger partial charge in [-0.2, -0.15) is 0 Å². The smallest absolute Gasteiger partial charge is 0.129 e. The van der Waals surface area contributed by atoms with Crippen molar-refractivity contribution in [2.24, 2.45) is 5.84 Å². The van der Waals surface area contributed by atoms with Gasteiger partial charge in [0.05, 0.1) is 6.04 Å². The Bertz CT molecular complexity index is 362. The predicted molar refractivity (Wildman–Crippen MR) is 74.8 cm³/mol. The molecule has 0 heterocycles. The zero-order chi connectivity index (χ0) is 13.4. The second-order valence-electron chi connectivity index (χ2n) is 4.28. The molecule has 1 unspecified atom stereocenters. The summed E-state index contributed by atoms with van der Waals surface area (Å²) >= 11 is 6.02. The fourth-order valence-corrected chi connectivity index (χ4v) is 2.26. The highest BCUT2D eigenvalue weighted by molar-refractivity contribution is 6.31. The number of rotatable bonds is 8. The Morgan fingerprint density at radius 2 is 2.17 bits per heavy atom. The number of allylic oxidation sites excluding steroid dienone is 1. The zero-order valence-corrected chi connectivity index (χ0v) is 11.2. The van der Waals surface area contributed by atoms with Crippen LogP contribution in [0.25, 0.3) is 0 Å². The van der Waals surface area contributed by atoms with E-state index in [4.69, 9.17) is 17.4 Å². The first-order chi connectivity index (χ1) is 8.70. The molecule has 0 saturated carbocycles. The maximum absolute atomic E-state index is 13.7. The number of benzene rings is 1. The van der Waals surface area contributed by atoms with Crippen LogP contribution in [0.3, 0.4) is 0 Å². The summed E-state index contributed by atoms with van der Waals surface area (Å²) < 4.78 is 13.7. The number of nitrogens with two attached hydrogens (primary N) is 1. The van der Waals surface area contributed by atoms with Crippen LogP contribution in [0.5, 0.6) is 0 Å². The molecule has 0 amide bonds. The maximum atomic E-state index is 13.7. The molecule has 4 heteroatoms. The SMILES string of the molecule is C=CCCCCCC(NN)c1c(F)cccc1Cl. The number of hydrazine groups is 1. The molecule has 0 bridgehead atoms. The summed E-state index contributed by atoms with van der Waals surface area (Å²) in [6.07, 6.45) is 6.86. The van der Waals surface area contributed by atoms with Crippen molar-refractivity contribution in [2.45, 2.75) is 38.1 Å². The number of nitrogens with one attached hydrogen (secondary N) is 1. The lowest BCUT2D eigenvalue weighted by Gasteiger charge is -2.18. The van der Waals surface area contributed by atoms with Crippen LogP contribution in [-0.2, 0) is 0 Å². The van der Waals surface area contributed by atoms with Crippen LogP contribution in [0.15, 0.2) is 30.9 Å². The number of hydrogen-bond donors (Lipinski definition) is 2. The molecule has 2 nitrogen and oxygen atoms in total. The lowest BCUT2D eigenvalue weighted by Crippen LogP contribution is -2.29. The van der Waals surface area contributed by atoms with Crippen molar-refractivity contribution in [3.05, 3.63) is 47.3 Å². The number of halogens is 2. The average Bonchev–Trinajstić information content (AvgIpc) is 2.36. The number of unbranched alkanes of at least 4 members (excludes halogenated alkanes) is 3. The normalized spacial score (nSPS) is 12.4. The molecule has 1 atom stereocenters. The van der Waals surface area contributed by atoms with Gasteiger partial charge in [-0.25, -0.2) is 4.39 Å². The third kappa shape index (κ3) is 4.41. The molecule has 1 aromatic rings. The van der Waals surface area contributed by atoms with Gasteiger partial charge >= 0.3 is 0 Å². The van der Waals surface area contributed by atoms with Crippen molar-refractivity contribution in [1.82, 2.24) is 5.43 Å². The van der Waals surface area contributed by atoms with Crippen molar-refractivity contribution >= 4 is 11.6 Å². The van der Waals surface area contributed by atoms with Gasteiger partial charge in [0.1, 0.15) is 5.82 Å². The van der Waals surface area contributed by atoms with Crippen LogP contribution in [0.1, 0.15) is 43.7 Å². The first-order valence-corrected chi connectivity index (χ1v) is 6.59. The molecule has 1 rings (SSSR count). The van der Waals surface area contributed by atoms with Gasteiger partial charge in [-0.1, -0.05) is 36.6 Å². The minimum Gasteiger partial charge on any atom is -0.271 e. The van der Waals surface area contributed by atoms with Gasteiger partial charge in [0.2, 0.25) is 0 Å². The molecule has 0 fully saturated rings. The molecule has 0 aliphatic heterocycles.